The van der Waals surface area contributed by atoms with Crippen LogP contribution in [0.5, 0.6) is 23.3 Å². The van der Waals surface area contributed by atoms with E-state index in [1.54, 1.807) is 46.9 Å². The maximum Gasteiger partial charge on any atom is 0.518 e. The number of carbonyl (C=O) groups excluding carboxylic acids is 3. The average Bonchev–Trinajstić information content (AvgIpc) is 1.89. The van der Waals surface area contributed by atoms with Crippen molar-refractivity contribution in [3.63, 3.8) is 0 Å². The van der Waals surface area contributed by atoms with E-state index in [4.69, 9.17) is 33.7 Å². The number of ether oxygens (including phenoxy) is 5. The molecular weight excluding hydrogens is 1180 g/mol. The topological polar surface area (TPSA) is 283 Å². The second kappa shape index (κ2) is 29.2. The molecule has 8 rings (SSSR count). The fraction of sp³-hybridized carbons (Fsp3) is 0.492. The van der Waals surface area contributed by atoms with Gasteiger partial charge in [0, 0.05) is 25.2 Å². The largest absolute Gasteiger partial charge is 0.518 e. The number of guanidine groups is 1. The summed E-state index contributed by atoms with van der Waals surface area (Å²) in [6.07, 6.45) is 0.805. The number of piperidine rings is 2. The van der Waals surface area contributed by atoms with Crippen LogP contribution >= 0.6 is 0 Å². The number of halogens is 3. The molecule has 2 aliphatic heterocycles. The molecule has 2 aromatic carbocycles. The number of alkyl carbamates (subject to hydrolysis) is 2. The fourth-order valence-corrected chi connectivity index (χ4v) is 9.83. The highest BCUT2D eigenvalue weighted by molar-refractivity contribution is 7.91. The SMILES string of the molecule is CC(=NS(=O)(=O)C(F)(F)F)NC(=O)OC(C)(C)C.Cc1cc(C)cc(Oc2cccc(-c3c(C)nnn3C3CCN(C(=NC(=O)OC(C)(C)C)NC(=O)OC(C)(C)C)CC3)n2)c1.Cc1cc(C)cc(Oc2cccc(-c3c(C)nnn3C3CCNCC3)n2)c1. The molecule has 0 bridgehead atoms. The number of rotatable bonds is 9. The first-order valence-corrected chi connectivity index (χ1v) is 30.3. The lowest BCUT2D eigenvalue weighted by Gasteiger charge is -2.34. The van der Waals surface area contributed by atoms with Crippen molar-refractivity contribution in [3.05, 3.63) is 106 Å². The number of benzene rings is 2. The predicted octanol–water partition coefficient (Wildman–Crippen LogP) is 12.3. The van der Waals surface area contributed by atoms with Crippen molar-refractivity contribution in [1.82, 2.24) is 60.8 Å². The maximum absolute atomic E-state index is 12.6. The van der Waals surface area contributed by atoms with Crippen molar-refractivity contribution < 1.29 is 59.7 Å². The number of carbonyl (C=O) groups is 3. The first-order valence-electron chi connectivity index (χ1n) is 28.9. The zero-order valence-corrected chi connectivity index (χ0v) is 54.1. The Labute approximate surface area is 517 Å². The summed E-state index contributed by atoms with van der Waals surface area (Å²) in [6, 6.07) is 24.1. The van der Waals surface area contributed by atoms with Crippen LogP contribution in [-0.4, -0.2) is 132 Å². The molecule has 3 amide bonds. The Kier molecular flexibility index (Phi) is 22.8. The first-order chi connectivity index (χ1) is 41.4. The summed E-state index contributed by atoms with van der Waals surface area (Å²) in [5.74, 6) is 1.94. The molecule has 89 heavy (non-hydrogen) atoms. The van der Waals surface area contributed by atoms with Crippen molar-refractivity contribution in [2.24, 2.45) is 9.39 Å². The number of aromatic nitrogens is 8. The second-order valence-corrected chi connectivity index (χ2v) is 26.1. The molecular formula is C61H81F3N14O10S. The zero-order chi connectivity index (χ0) is 65.8. The van der Waals surface area contributed by atoms with E-state index in [2.05, 4.69) is 66.6 Å². The van der Waals surface area contributed by atoms with Gasteiger partial charge in [0.25, 0.3) is 0 Å². The molecule has 4 aromatic heterocycles. The van der Waals surface area contributed by atoms with Crippen LogP contribution in [0, 0.1) is 41.5 Å². The predicted molar refractivity (Wildman–Crippen MR) is 329 cm³/mol. The Balaban J connectivity index is 0.000000237. The Morgan fingerprint density at radius 1 is 0.596 bits per heavy atom. The zero-order valence-electron chi connectivity index (χ0n) is 53.3. The molecule has 0 radical (unpaired) electrons. The minimum absolute atomic E-state index is 0.00227. The highest BCUT2D eigenvalue weighted by Crippen LogP contribution is 2.33. The van der Waals surface area contributed by atoms with Gasteiger partial charge in [0.05, 0.1) is 34.9 Å². The van der Waals surface area contributed by atoms with Crippen molar-refractivity contribution in [2.45, 2.75) is 171 Å². The molecule has 28 heteroatoms. The Morgan fingerprint density at radius 3 is 1.40 bits per heavy atom. The summed E-state index contributed by atoms with van der Waals surface area (Å²) in [4.78, 5) is 51.8. The molecule has 0 unspecified atom stereocenters. The van der Waals surface area contributed by atoms with Crippen LogP contribution in [0.15, 0.2) is 82.2 Å². The summed E-state index contributed by atoms with van der Waals surface area (Å²) >= 11 is 0. The Morgan fingerprint density at radius 2 is 1.00 bits per heavy atom. The lowest BCUT2D eigenvalue weighted by atomic mass is 10.0. The van der Waals surface area contributed by atoms with Gasteiger partial charge in [0.1, 0.15) is 45.5 Å². The van der Waals surface area contributed by atoms with Crippen molar-refractivity contribution in [2.75, 3.05) is 26.2 Å². The summed E-state index contributed by atoms with van der Waals surface area (Å²) in [6.45, 7) is 31.1. The third kappa shape index (κ3) is 21.6. The molecule has 2 fully saturated rings. The van der Waals surface area contributed by atoms with Gasteiger partial charge in [0.2, 0.25) is 17.7 Å². The van der Waals surface area contributed by atoms with Gasteiger partial charge >= 0.3 is 33.8 Å². The van der Waals surface area contributed by atoms with Gasteiger partial charge in [-0.3, -0.25) is 10.6 Å². The quantitative estimate of drug-likeness (QED) is 0.0689. The van der Waals surface area contributed by atoms with E-state index < -0.39 is 56.5 Å². The third-order valence-corrected chi connectivity index (χ3v) is 13.8. The molecule has 6 aromatic rings. The lowest BCUT2D eigenvalue weighted by molar-refractivity contribution is -0.0435. The van der Waals surface area contributed by atoms with Gasteiger partial charge in [-0.05, 0) is 208 Å². The monoisotopic (exact) mass is 1260 g/mol. The van der Waals surface area contributed by atoms with Gasteiger partial charge in [-0.1, -0.05) is 34.7 Å². The molecule has 3 N–H and O–H groups in total. The number of nitrogens with zero attached hydrogens (tertiary/aromatic N) is 11. The first kappa shape index (κ1) is 69.6. The smallest absolute Gasteiger partial charge is 0.444 e. The summed E-state index contributed by atoms with van der Waals surface area (Å²) in [7, 11) is -5.67. The van der Waals surface area contributed by atoms with Crippen LogP contribution in [0.25, 0.3) is 22.8 Å². The van der Waals surface area contributed by atoms with E-state index in [9.17, 15) is 36.0 Å². The minimum atomic E-state index is -5.67. The van der Waals surface area contributed by atoms with Crippen LogP contribution in [0.2, 0.25) is 0 Å². The summed E-state index contributed by atoms with van der Waals surface area (Å²) in [5, 5.41) is 25.4. The van der Waals surface area contributed by atoms with Gasteiger partial charge in [-0.15, -0.1) is 19.6 Å². The molecule has 0 spiro atoms. The number of likely N-dealkylation sites (tertiary alicyclic amines) is 1. The number of nitrogens with one attached hydrogen (secondary N) is 3. The molecule has 0 atom stereocenters. The van der Waals surface area contributed by atoms with E-state index in [0.717, 1.165) is 84.0 Å². The van der Waals surface area contributed by atoms with E-state index in [1.165, 1.54) is 31.9 Å². The van der Waals surface area contributed by atoms with E-state index in [-0.39, 0.29) is 12.0 Å². The molecule has 24 nitrogen and oxygen atoms in total. The van der Waals surface area contributed by atoms with Gasteiger partial charge in [-0.25, -0.2) is 33.7 Å². The van der Waals surface area contributed by atoms with Gasteiger partial charge in [0.15, 0.2) is 0 Å². The number of amidine groups is 1. The second-order valence-electron chi connectivity index (χ2n) is 24.5. The lowest BCUT2D eigenvalue weighted by Crippen LogP contribution is -2.49. The van der Waals surface area contributed by atoms with E-state index in [1.807, 2.05) is 103 Å². The molecule has 6 heterocycles. The molecule has 0 saturated carbocycles. The Bertz CT molecular complexity index is 3590. The number of amides is 3. The van der Waals surface area contributed by atoms with Gasteiger partial charge in [-0.2, -0.15) is 21.6 Å². The number of aryl methyl sites for hydroxylation is 6. The highest BCUT2D eigenvalue weighted by Gasteiger charge is 2.46. The van der Waals surface area contributed by atoms with Crippen LogP contribution in [-0.2, 0) is 24.2 Å². The van der Waals surface area contributed by atoms with Crippen molar-refractivity contribution in [1.29, 1.82) is 0 Å². The van der Waals surface area contributed by atoms with Crippen LogP contribution in [0.3, 0.4) is 0 Å². The molecule has 0 aliphatic carbocycles. The number of hydrogen-bond donors (Lipinski definition) is 3. The fourth-order valence-electron chi connectivity index (χ4n) is 9.32. The molecule has 2 saturated heterocycles. The maximum atomic E-state index is 12.6. The number of aliphatic imine (C=N–C) groups is 1. The van der Waals surface area contributed by atoms with Crippen LogP contribution in [0.4, 0.5) is 27.6 Å². The van der Waals surface area contributed by atoms with E-state index in [0.29, 0.717) is 49.4 Å². The number of pyridine rings is 2. The van der Waals surface area contributed by atoms with Crippen molar-refractivity contribution >= 4 is 40.1 Å². The average molecular weight is 1260 g/mol. The van der Waals surface area contributed by atoms with Crippen LogP contribution < -0.4 is 25.4 Å². The minimum Gasteiger partial charge on any atom is -0.444 e. The summed E-state index contributed by atoms with van der Waals surface area (Å²) in [5.41, 5.74) is 1.72. The van der Waals surface area contributed by atoms with Crippen LogP contribution in [0.1, 0.15) is 141 Å². The third-order valence-electron chi connectivity index (χ3n) is 12.7. The normalized spacial score (nSPS) is 14.8. The molecule has 2 aliphatic rings. The number of sulfonamides is 1. The van der Waals surface area contributed by atoms with Gasteiger partial charge < -0.3 is 33.9 Å². The highest BCUT2D eigenvalue weighted by atomic mass is 32.2. The van der Waals surface area contributed by atoms with E-state index >= 15 is 0 Å². The summed E-state index contributed by atoms with van der Waals surface area (Å²) < 4.78 is 91.1. The number of hydrogen-bond acceptors (Lipinski definition) is 17. The Hall–Kier alpha value is -8.53. The van der Waals surface area contributed by atoms with Crippen molar-refractivity contribution in [3.8, 4) is 46.0 Å². The standard InChI is InChI=1S/C32H43N7O5.C21H25N5O.C8H13F3N2O4S/c1-20-17-21(2)19-24(18-20)42-26-12-10-11-25(33-26)27-22(3)36-37-39(27)23-13-15-38(16-14-23)28(34-29(40)43-31(4,5)6)35-30(41)44-32(7,8)9;1-14-11-15(2)13-18(12-14)27-20-6-4-5-19(23-20)21-16(3)24-25-26(21)17-7-9-22-10-8-17;1-5(12-6(14)17-7(2,3)4)13-18(15,16)8(9,10)11/h10-12,17-19,23H,13-16H2,1-9H3,(H,34,35,40,41);4-6,11-13,17,22H,7-10H2,1-3H3;1-4H3,(H,12,13,14). The molecule has 482 valence electrons. The number of alkyl halides is 3.